The summed E-state index contributed by atoms with van der Waals surface area (Å²) in [7, 11) is 1.67. The van der Waals surface area contributed by atoms with E-state index in [9.17, 15) is 4.79 Å². The number of nitrogens with two attached hydrogens (primary N) is 1. The second kappa shape index (κ2) is 6.85. The monoisotopic (exact) mass is 369 g/mol. The standard InChI is InChI=1S/C17H27N5O2.ClH/c1-11-14-19-20-15(12-5-3-4-6-12)22(14)8-7-21(11)16(23)17(18)9-13(10-17)24-2;/h11-13H,3-10,18H2,1-2H3;1H. The van der Waals surface area contributed by atoms with E-state index in [0.29, 0.717) is 25.3 Å². The van der Waals surface area contributed by atoms with Gasteiger partial charge in [0.25, 0.3) is 0 Å². The first kappa shape index (κ1) is 18.6. The number of rotatable bonds is 3. The van der Waals surface area contributed by atoms with Crippen molar-refractivity contribution in [2.45, 2.75) is 75.6 Å². The molecule has 8 heteroatoms. The molecule has 2 heterocycles. The molecule has 2 aliphatic carbocycles. The summed E-state index contributed by atoms with van der Waals surface area (Å²) >= 11 is 0. The van der Waals surface area contributed by atoms with Crippen molar-refractivity contribution >= 4 is 18.3 Å². The molecule has 1 unspecified atom stereocenters. The lowest BCUT2D eigenvalue weighted by molar-refractivity contribution is -0.149. The van der Waals surface area contributed by atoms with Gasteiger partial charge in [-0.3, -0.25) is 4.79 Å². The lowest BCUT2D eigenvalue weighted by Crippen LogP contribution is -2.65. The van der Waals surface area contributed by atoms with E-state index in [-0.39, 0.29) is 30.5 Å². The fourth-order valence-corrected chi connectivity index (χ4v) is 4.55. The Kier molecular flexibility index (Phi) is 5.10. The maximum Gasteiger partial charge on any atom is 0.243 e. The normalized spacial score (nSPS) is 32.0. The van der Waals surface area contributed by atoms with Crippen molar-refractivity contribution in [1.82, 2.24) is 19.7 Å². The highest BCUT2D eigenvalue weighted by Crippen LogP contribution is 2.38. The number of carbonyl (C=O) groups excluding carboxylic acids is 1. The molecular formula is C17H28ClN5O2. The first-order chi connectivity index (χ1) is 11.5. The van der Waals surface area contributed by atoms with Crippen molar-refractivity contribution in [3.8, 4) is 0 Å². The molecule has 2 saturated carbocycles. The molecule has 2 N–H and O–H groups in total. The van der Waals surface area contributed by atoms with Gasteiger partial charge in [-0.05, 0) is 19.8 Å². The molecule has 0 radical (unpaired) electrons. The maximum absolute atomic E-state index is 12.9. The molecule has 1 aliphatic heterocycles. The van der Waals surface area contributed by atoms with E-state index in [2.05, 4.69) is 14.8 Å². The first-order valence-corrected chi connectivity index (χ1v) is 9.09. The van der Waals surface area contributed by atoms with E-state index < -0.39 is 5.54 Å². The van der Waals surface area contributed by atoms with E-state index in [0.717, 1.165) is 18.2 Å². The Morgan fingerprint density at radius 2 is 1.84 bits per heavy atom. The van der Waals surface area contributed by atoms with Crippen LogP contribution in [-0.4, -0.2) is 50.9 Å². The highest BCUT2D eigenvalue weighted by atomic mass is 35.5. The molecule has 0 bridgehead atoms. The Labute approximate surface area is 154 Å². The molecule has 2 fully saturated rings. The third kappa shape index (κ3) is 2.96. The summed E-state index contributed by atoms with van der Waals surface area (Å²) in [4.78, 5) is 14.8. The van der Waals surface area contributed by atoms with Gasteiger partial charge < -0.3 is 19.9 Å². The number of hydrogen-bond acceptors (Lipinski definition) is 5. The molecule has 3 aliphatic rings. The van der Waals surface area contributed by atoms with Crippen LogP contribution in [0, 0.1) is 0 Å². The second-order valence-corrected chi connectivity index (χ2v) is 7.65. The van der Waals surface area contributed by atoms with Crippen LogP contribution in [0.15, 0.2) is 0 Å². The Bertz CT molecular complexity index is 637. The molecule has 4 rings (SSSR count). The number of methoxy groups -OCH3 is 1. The molecule has 7 nitrogen and oxygen atoms in total. The van der Waals surface area contributed by atoms with Crippen LogP contribution in [0.1, 0.15) is 69.1 Å². The van der Waals surface area contributed by atoms with Crippen LogP contribution in [0.3, 0.4) is 0 Å². The van der Waals surface area contributed by atoms with Gasteiger partial charge in [0.05, 0.1) is 12.1 Å². The van der Waals surface area contributed by atoms with E-state index in [1.54, 1.807) is 7.11 Å². The molecule has 25 heavy (non-hydrogen) atoms. The summed E-state index contributed by atoms with van der Waals surface area (Å²) in [6.45, 7) is 3.49. The van der Waals surface area contributed by atoms with E-state index in [1.165, 1.54) is 25.7 Å². The van der Waals surface area contributed by atoms with Crippen LogP contribution in [0.2, 0.25) is 0 Å². The number of halogens is 1. The quantitative estimate of drug-likeness (QED) is 0.877. The minimum Gasteiger partial charge on any atom is -0.381 e. The smallest absolute Gasteiger partial charge is 0.243 e. The Hall–Kier alpha value is -1.18. The topological polar surface area (TPSA) is 86.3 Å². The Balaban J connectivity index is 0.00000182. The fourth-order valence-electron chi connectivity index (χ4n) is 4.55. The van der Waals surface area contributed by atoms with E-state index in [1.807, 2.05) is 11.8 Å². The van der Waals surface area contributed by atoms with Crippen molar-refractivity contribution in [2.24, 2.45) is 5.73 Å². The zero-order valence-electron chi connectivity index (χ0n) is 15.0. The Morgan fingerprint density at radius 3 is 2.48 bits per heavy atom. The highest BCUT2D eigenvalue weighted by molar-refractivity contribution is 5.88. The average Bonchev–Trinajstić information content (AvgIpc) is 3.20. The van der Waals surface area contributed by atoms with Gasteiger partial charge in [0.15, 0.2) is 5.82 Å². The lowest BCUT2D eigenvalue weighted by atomic mass is 9.73. The second-order valence-electron chi connectivity index (χ2n) is 7.65. The van der Waals surface area contributed by atoms with Crippen LogP contribution in [0.4, 0.5) is 0 Å². The lowest BCUT2D eigenvalue weighted by Gasteiger charge is -2.47. The third-order valence-corrected chi connectivity index (χ3v) is 6.14. The number of ether oxygens (including phenoxy) is 1. The van der Waals surface area contributed by atoms with Gasteiger partial charge in [0.1, 0.15) is 11.4 Å². The van der Waals surface area contributed by atoms with Gasteiger partial charge in [0, 0.05) is 39.0 Å². The zero-order valence-corrected chi connectivity index (χ0v) is 15.8. The summed E-state index contributed by atoms with van der Waals surface area (Å²) in [6, 6.07) is -0.0732. The molecule has 0 aromatic carbocycles. The molecular weight excluding hydrogens is 342 g/mol. The number of hydrogen-bond donors (Lipinski definition) is 1. The summed E-state index contributed by atoms with van der Waals surface area (Å²) in [6.07, 6.45) is 6.29. The minimum absolute atomic E-state index is 0. The van der Waals surface area contributed by atoms with Gasteiger partial charge in [-0.1, -0.05) is 12.8 Å². The molecule has 1 atom stereocenters. The molecule has 1 aromatic rings. The van der Waals surface area contributed by atoms with Crippen LogP contribution < -0.4 is 5.73 Å². The van der Waals surface area contributed by atoms with Crippen LogP contribution in [-0.2, 0) is 16.1 Å². The number of fused-ring (bicyclic) bond motifs is 1. The predicted molar refractivity (Wildman–Crippen MR) is 95.6 cm³/mol. The van der Waals surface area contributed by atoms with E-state index in [4.69, 9.17) is 10.5 Å². The van der Waals surface area contributed by atoms with Crippen molar-refractivity contribution in [3.63, 3.8) is 0 Å². The van der Waals surface area contributed by atoms with Crippen LogP contribution in [0.25, 0.3) is 0 Å². The molecule has 1 aromatic heterocycles. The summed E-state index contributed by atoms with van der Waals surface area (Å²) in [5, 5.41) is 8.89. The number of aromatic nitrogens is 3. The fraction of sp³-hybridized carbons (Fsp3) is 0.824. The van der Waals surface area contributed by atoms with Gasteiger partial charge in [-0.2, -0.15) is 0 Å². The minimum atomic E-state index is -0.772. The van der Waals surface area contributed by atoms with Gasteiger partial charge in [0.2, 0.25) is 5.91 Å². The summed E-state index contributed by atoms with van der Waals surface area (Å²) in [5.41, 5.74) is 5.54. The molecule has 140 valence electrons. The first-order valence-electron chi connectivity index (χ1n) is 9.09. The zero-order chi connectivity index (χ0) is 16.9. The average molecular weight is 370 g/mol. The molecule has 1 amide bonds. The van der Waals surface area contributed by atoms with Crippen molar-refractivity contribution in [2.75, 3.05) is 13.7 Å². The highest BCUT2D eigenvalue weighted by Gasteiger charge is 2.50. The van der Waals surface area contributed by atoms with Crippen molar-refractivity contribution in [1.29, 1.82) is 0 Å². The van der Waals surface area contributed by atoms with Crippen LogP contribution >= 0.6 is 12.4 Å². The van der Waals surface area contributed by atoms with Crippen LogP contribution in [0.5, 0.6) is 0 Å². The van der Waals surface area contributed by atoms with Crippen molar-refractivity contribution in [3.05, 3.63) is 11.6 Å². The SMILES string of the molecule is COC1CC(N)(C(=O)N2CCn3c(C4CCCC4)nnc3C2C)C1.Cl. The predicted octanol–water partition coefficient (Wildman–Crippen LogP) is 1.77. The van der Waals surface area contributed by atoms with E-state index >= 15 is 0 Å². The molecule has 0 saturated heterocycles. The van der Waals surface area contributed by atoms with Gasteiger partial charge in [-0.25, -0.2) is 0 Å². The van der Waals surface area contributed by atoms with Crippen molar-refractivity contribution < 1.29 is 9.53 Å². The molecule has 0 spiro atoms. The van der Waals surface area contributed by atoms with Gasteiger partial charge in [-0.15, -0.1) is 22.6 Å². The van der Waals surface area contributed by atoms with Gasteiger partial charge >= 0.3 is 0 Å². The number of nitrogens with zero attached hydrogens (tertiary/aromatic N) is 4. The maximum atomic E-state index is 12.9. The number of carbonyl (C=O) groups is 1. The number of amides is 1. The Morgan fingerprint density at radius 1 is 1.20 bits per heavy atom. The summed E-state index contributed by atoms with van der Waals surface area (Å²) in [5.74, 6) is 2.59. The third-order valence-electron chi connectivity index (χ3n) is 6.14. The summed E-state index contributed by atoms with van der Waals surface area (Å²) < 4.78 is 7.53. The largest absolute Gasteiger partial charge is 0.381 e.